The van der Waals surface area contributed by atoms with Crippen molar-refractivity contribution in [3.8, 4) is 39.3 Å². The van der Waals surface area contributed by atoms with E-state index >= 15 is 0 Å². The molecule has 50 heavy (non-hydrogen) atoms. The maximum Gasteiger partial charge on any atom is 0.326 e. The number of methoxy groups -OCH3 is 1. The number of carbonyl (C=O) groups is 2. The first-order chi connectivity index (χ1) is 24.1. The van der Waals surface area contributed by atoms with Crippen LogP contribution in [0, 0.1) is 6.92 Å². The highest BCUT2D eigenvalue weighted by atomic mass is 35.5. The van der Waals surface area contributed by atoms with Gasteiger partial charge in [-0.3, -0.25) is 9.69 Å². The monoisotopic (exact) mass is 710 g/mol. The minimum Gasteiger partial charge on any atom is -0.497 e. The molecule has 0 saturated heterocycles. The lowest BCUT2D eigenvalue weighted by molar-refractivity contribution is -0.139. The van der Waals surface area contributed by atoms with Gasteiger partial charge in [0.05, 0.1) is 13.7 Å². The molecule has 4 aromatic carbocycles. The molecule has 0 aliphatic rings. The number of aryl methyl sites for hydroxylation is 1. The number of rotatable bonds is 15. The summed E-state index contributed by atoms with van der Waals surface area (Å²) in [5.74, 6) is 1.50. The molecule has 7 nitrogen and oxygen atoms in total. The molecular weight excluding hydrogens is 668 g/mol. The fourth-order valence-corrected chi connectivity index (χ4v) is 6.51. The Balaban J connectivity index is 1.48. The molecule has 9 heteroatoms. The average Bonchev–Trinajstić information content (AvgIpc) is 3.53. The van der Waals surface area contributed by atoms with Crippen molar-refractivity contribution < 1.29 is 23.8 Å². The van der Waals surface area contributed by atoms with Crippen molar-refractivity contribution in [2.24, 2.45) is 0 Å². The van der Waals surface area contributed by atoms with Crippen LogP contribution in [0.4, 0.5) is 0 Å². The molecule has 1 aromatic heterocycles. The quantitative estimate of drug-likeness (QED) is 0.112. The van der Waals surface area contributed by atoms with Crippen molar-refractivity contribution in [2.75, 3.05) is 19.1 Å². The summed E-state index contributed by atoms with van der Waals surface area (Å²) in [6.45, 7) is 7.44. The van der Waals surface area contributed by atoms with E-state index in [2.05, 4.69) is 30.1 Å². The number of hydrogen-bond acceptors (Lipinski definition) is 6. The lowest BCUT2D eigenvalue weighted by atomic mass is 9.93. The highest BCUT2D eigenvalue weighted by Gasteiger charge is 2.24. The normalized spacial score (nSPS) is 11.9. The van der Waals surface area contributed by atoms with Gasteiger partial charge in [-0.25, -0.2) is 4.79 Å². The van der Waals surface area contributed by atoms with E-state index in [1.54, 1.807) is 18.9 Å². The van der Waals surface area contributed by atoms with Gasteiger partial charge in [-0.2, -0.15) is 11.8 Å². The van der Waals surface area contributed by atoms with Crippen LogP contribution in [-0.4, -0.2) is 53.1 Å². The third-order valence-electron chi connectivity index (χ3n) is 8.72. The van der Waals surface area contributed by atoms with Crippen molar-refractivity contribution in [2.45, 2.75) is 52.4 Å². The number of amides is 1. The molecule has 0 spiro atoms. The maximum atomic E-state index is 13.6. The lowest BCUT2D eigenvalue weighted by Crippen LogP contribution is -2.41. The summed E-state index contributed by atoms with van der Waals surface area (Å²) in [5.41, 5.74) is 7.03. The van der Waals surface area contributed by atoms with E-state index in [0.29, 0.717) is 35.8 Å². The number of halogens is 1. The van der Waals surface area contributed by atoms with Crippen molar-refractivity contribution >= 4 is 35.2 Å². The van der Waals surface area contributed by atoms with Gasteiger partial charge in [0.25, 0.3) is 5.91 Å². The molecule has 2 N–H and O–H groups in total. The summed E-state index contributed by atoms with van der Waals surface area (Å²) in [5, 5.41) is 13.2. The summed E-state index contributed by atoms with van der Waals surface area (Å²) >= 11 is 7.77. The second-order valence-electron chi connectivity index (χ2n) is 12.5. The number of ether oxygens (including phenoxy) is 1. The molecule has 0 aliphatic carbocycles. The van der Waals surface area contributed by atoms with Gasteiger partial charge in [-0.1, -0.05) is 54.1 Å². The van der Waals surface area contributed by atoms with Gasteiger partial charge in [0.15, 0.2) is 0 Å². The van der Waals surface area contributed by atoms with Gasteiger partial charge in [0.2, 0.25) is 0 Å². The Bertz CT molecular complexity index is 1940. The molecule has 0 radical (unpaired) electrons. The molecule has 0 unspecified atom stereocenters. The van der Waals surface area contributed by atoms with Gasteiger partial charge < -0.3 is 19.6 Å². The van der Waals surface area contributed by atoms with Crippen LogP contribution in [0.3, 0.4) is 0 Å². The maximum absolute atomic E-state index is 13.6. The van der Waals surface area contributed by atoms with Crippen LogP contribution < -0.4 is 10.1 Å². The average molecular weight is 711 g/mol. The standard InChI is InChI=1S/C41H43ClN2O5S/c1-26(2)44(25-33-23-36(30-10-8-11-32(22-30)48-4)39(49-33)29-14-16-31(42)17-15-29)24-28-13-18-35(37(21-28)34-12-7-6-9-27(34)3)40(45)43-38(41(46)47)19-20-50-5/h6-18,21-23,26,38H,19-20,24-25H2,1-5H3,(H,43,45)(H,46,47)/t38-/m0/s1. The van der Waals surface area contributed by atoms with Crippen LogP contribution in [0.5, 0.6) is 5.75 Å². The van der Waals surface area contributed by atoms with E-state index < -0.39 is 17.9 Å². The van der Waals surface area contributed by atoms with Gasteiger partial charge in [0.1, 0.15) is 23.3 Å². The smallest absolute Gasteiger partial charge is 0.326 e. The van der Waals surface area contributed by atoms with Crippen LogP contribution in [0.15, 0.2) is 101 Å². The van der Waals surface area contributed by atoms with Crippen LogP contribution in [-0.2, 0) is 17.9 Å². The summed E-state index contributed by atoms with van der Waals surface area (Å²) < 4.78 is 12.1. The Labute approximate surface area is 303 Å². The molecule has 0 bridgehead atoms. The summed E-state index contributed by atoms with van der Waals surface area (Å²) in [4.78, 5) is 27.9. The van der Waals surface area contributed by atoms with Crippen LogP contribution >= 0.6 is 23.4 Å². The minimum absolute atomic E-state index is 0.164. The molecule has 1 amide bonds. The number of nitrogens with one attached hydrogen (secondary N) is 1. The number of thioether (sulfide) groups is 1. The molecule has 260 valence electrons. The molecule has 0 saturated carbocycles. The summed E-state index contributed by atoms with van der Waals surface area (Å²) in [7, 11) is 1.66. The number of carbonyl (C=O) groups excluding carboxylic acids is 1. The van der Waals surface area contributed by atoms with Crippen molar-refractivity contribution in [3.63, 3.8) is 0 Å². The minimum atomic E-state index is -1.04. The Morgan fingerprint density at radius 1 is 0.900 bits per heavy atom. The SMILES string of the molecule is COc1cccc(-c2cc(CN(Cc3ccc(C(=O)N[C@@H](CCSC)C(=O)O)c(-c4ccccc4C)c3)C(C)C)oc2-c2ccc(Cl)cc2)c1. The largest absolute Gasteiger partial charge is 0.497 e. The van der Waals surface area contributed by atoms with Gasteiger partial charge in [-0.05, 0) is 122 Å². The lowest BCUT2D eigenvalue weighted by Gasteiger charge is -2.26. The number of benzene rings is 4. The van der Waals surface area contributed by atoms with E-state index in [-0.39, 0.29) is 6.04 Å². The summed E-state index contributed by atoms with van der Waals surface area (Å²) in [6.07, 6.45) is 2.26. The van der Waals surface area contributed by atoms with Crippen LogP contribution in [0.2, 0.25) is 5.02 Å². The van der Waals surface area contributed by atoms with Crippen molar-refractivity contribution in [3.05, 3.63) is 125 Å². The molecule has 5 rings (SSSR count). The molecule has 5 aromatic rings. The zero-order valence-electron chi connectivity index (χ0n) is 29.0. The van der Waals surface area contributed by atoms with E-state index in [4.69, 9.17) is 20.8 Å². The third kappa shape index (κ3) is 8.99. The third-order valence-corrected chi connectivity index (χ3v) is 9.62. The van der Waals surface area contributed by atoms with E-state index in [0.717, 1.165) is 56.2 Å². The second kappa shape index (κ2) is 16.9. The highest BCUT2D eigenvalue weighted by Crippen LogP contribution is 2.38. The predicted octanol–water partition coefficient (Wildman–Crippen LogP) is 9.60. The zero-order valence-corrected chi connectivity index (χ0v) is 30.6. The Kier molecular flexibility index (Phi) is 12.5. The first-order valence-corrected chi connectivity index (χ1v) is 18.3. The fourth-order valence-electron chi connectivity index (χ4n) is 5.91. The molecule has 1 heterocycles. The van der Waals surface area contributed by atoms with E-state index in [1.807, 2.05) is 104 Å². The van der Waals surface area contributed by atoms with Crippen LogP contribution in [0.1, 0.15) is 47.5 Å². The fraction of sp³-hybridized carbons (Fsp3) is 0.268. The number of aliphatic carboxylic acids is 1. The van der Waals surface area contributed by atoms with E-state index in [9.17, 15) is 14.7 Å². The van der Waals surface area contributed by atoms with Gasteiger partial charge in [-0.15, -0.1) is 0 Å². The number of hydrogen-bond donors (Lipinski definition) is 2. The Morgan fingerprint density at radius 2 is 1.66 bits per heavy atom. The predicted molar refractivity (Wildman–Crippen MR) is 204 cm³/mol. The van der Waals surface area contributed by atoms with Crippen LogP contribution in [0.25, 0.3) is 33.6 Å². The number of carboxylic acid groups (broad SMARTS) is 1. The van der Waals surface area contributed by atoms with E-state index in [1.165, 1.54) is 0 Å². The second-order valence-corrected chi connectivity index (χ2v) is 14.0. The first-order valence-electron chi connectivity index (χ1n) is 16.6. The summed E-state index contributed by atoms with van der Waals surface area (Å²) in [6, 6.07) is 30.6. The Hall–Kier alpha value is -4.50. The number of nitrogens with zero attached hydrogens (tertiary/aromatic N) is 1. The molecule has 0 fully saturated rings. The van der Waals surface area contributed by atoms with Crippen molar-refractivity contribution in [1.82, 2.24) is 10.2 Å². The molecule has 1 atom stereocenters. The van der Waals surface area contributed by atoms with Crippen molar-refractivity contribution in [1.29, 1.82) is 0 Å². The van der Waals surface area contributed by atoms with Gasteiger partial charge >= 0.3 is 5.97 Å². The highest BCUT2D eigenvalue weighted by molar-refractivity contribution is 7.98. The zero-order chi connectivity index (χ0) is 35.8. The first kappa shape index (κ1) is 36.8. The molecule has 0 aliphatic heterocycles. The topological polar surface area (TPSA) is 92.0 Å². The number of furan rings is 1. The Morgan fingerprint density at radius 3 is 2.34 bits per heavy atom. The number of carboxylic acids is 1. The molecular formula is C41H43ClN2O5S. The van der Waals surface area contributed by atoms with Gasteiger partial charge in [0, 0.05) is 34.3 Å².